The van der Waals surface area contributed by atoms with Gasteiger partial charge in [0.15, 0.2) is 0 Å². The molecule has 34 heavy (non-hydrogen) atoms. The molecule has 1 fully saturated rings. The molecule has 2 heterocycles. The minimum atomic E-state index is -3.31. The highest BCUT2D eigenvalue weighted by atomic mass is 35.5. The number of anilines is 3. The lowest BCUT2D eigenvalue weighted by Crippen LogP contribution is -2.25. The number of ether oxygens (including phenoxy) is 1. The number of amides is 1. The molecule has 1 aliphatic rings. The van der Waals surface area contributed by atoms with Gasteiger partial charge in [-0.3, -0.25) is 9.78 Å². The zero-order chi connectivity index (χ0) is 24.5. The molecule has 0 spiro atoms. The van der Waals surface area contributed by atoms with E-state index in [0.29, 0.717) is 40.3 Å². The van der Waals surface area contributed by atoms with Crippen LogP contribution in [0.4, 0.5) is 21.5 Å². The van der Waals surface area contributed by atoms with Gasteiger partial charge in [0.1, 0.15) is 17.6 Å². The molecule has 0 saturated carbocycles. The Labute approximate surface area is 203 Å². The minimum Gasteiger partial charge on any atom is -0.492 e. The van der Waals surface area contributed by atoms with Crippen LogP contribution in [-0.4, -0.2) is 37.4 Å². The number of fused-ring (bicyclic) bond motifs is 1. The second kappa shape index (κ2) is 9.66. The summed E-state index contributed by atoms with van der Waals surface area (Å²) in [5.41, 5.74) is 1.84. The average molecular weight is 521 g/mol. The first-order valence-electron chi connectivity index (χ1n) is 10.1. The van der Waals surface area contributed by atoms with Gasteiger partial charge in [-0.25, -0.2) is 12.8 Å². The Kier molecular flexibility index (Phi) is 6.84. The van der Waals surface area contributed by atoms with Crippen molar-refractivity contribution < 1.29 is 22.3 Å². The van der Waals surface area contributed by atoms with Gasteiger partial charge in [0.05, 0.1) is 45.8 Å². The molecule has 2 N–H and O–H groups in total. The summed E-state index contributed by atoms with van der Waals surface area (Å²) in [6.07, 6.45) is 1.39. The fourth-order valence-corrected chi connectivity index (χ4v) is 7.17. The molecular formula is C22H18ClFN4O4S2. The highest BCUT2D eigenvalue weighted by Gasteiger charge is 2.34. The van der Waals surface area contributed by atoms with Crippen molar-refractivity contribution >= 4 is 65.1 Å². The SMILES string of the molecule is CCOc1cc2ncc(C#N)c(Nc3ccc(F)c(Cl)c3)c2cc1NC(=O)C1CSS(=O)(=O)C1. The lowest BCUT2D eigenvalue weighted by Gasteiger charge is -2.17. The molecule has 0 radical (unpaired) electrons. The largest absolute Gasteiger partial charge is 0.492 e. The van der Waals surface area contributed by atoms with Crippen LogP contribution in [-0.2, 0) is 13.7 Å². The highest BCUT2D eigenvalue weighted by Crippen LogP contribution is 2.37. The van der Waals surface area contributed by atoms with Crippen LogP contribution in [0.1, 0.15) is 12.5 Å². The molecule has 3 aromatic rings. The number of nitriles is 1. The molecule has 1 aromatic heterocycles. The van der Waals surface area contributed by atoms with Gasteiger partial charge >= 0.3 is 0 Å². The number of aromatic nitrogens is 1. The van der Waals surface area contributed by atoms with Crippen molar-refractivity contribution in [3.63, 3.8) is 0 Å². The Bertz CT molecular complexity index is 1440. The smallest absolute Gasteiger partial charge is 0.229 e. The van der Waals surface area contributed by atoms with E-state index >= 15 is 0 Å². The van der Waals surface area contributed by atoms with Gasteiger partial charge < -0.3 is 15.4 Å². The number of pyridine rings is 1. The molecule has 176 valence electrons. The van der Waals surface area contributed by atoms with E-state index in [1.165, 1.54) is 24.4 Å². The van der Waals surface area contributed by atoms with Crippen molar-refractivity contribution in [2.24, 2.45) is 5.92 Å². The van der Waals surface area contributed by atoms with E-state index in [9.17, 15) is 22.9 Å². The molecule has 1 atom stereocenters. The summed E-state index contributed by atoms with van der Waals surface area (Å²) in [5.74, 6) is -1.43. The maximum absolute atomic E-state index is 13.6. The van der Waals surface area contributed by atoms with E-state index in [0.717, 1.165) is 10.8 Å². The Hall–Kier alpha value is -3.07. The molecule has 1 aliphatic heterocycles. The quantitative estimate of drug-likeness (QED) is 0.450. The van der Waals surface area contributed by atoms with Gasteiger partial charge in [0.25, 0.3) is 0 Å². The van der Waals surface area contributed by atoms with Crippen molar-refractivity contribution in [2.75, 3.05) is 28.7 Å². The Morgan fingerprint density at radius 2 is 2.18 bits per heavy atom. The van der Waals surface area contributed by atoms with Crippen molar-refractivity contribution in [3.05, 3.63) is 52.9 Å². The fraction of sp³-hybridized carbons (Fsp3) is 0.227. The summed E-state index contributed by atoms with van der Waals surface area (Å²) in [6, 6.07) is 9.36. The molecular weight excluding hydrogens is 503 g/mol. The molecule has 1 unspecified atom stereocenters. The first-order valence-corrected chi connectivity index (χ1v) is 13.6. The number of hydrogen-bond donors (Lipinski definition) is 2. The number of halogens is 2. The van der Waals surface area contributed by atoms with Crippen LogP contribution in [0.15, 0.2) is 36.5 Å². The van der Waals surface area contributed by atoms with E-state index < -0.39 is 26.5 Å². The summed E-state index contributed by atoms with van der Waals surface area (Å²) in [4.78, 5) is 17.1. The van der Waals surface area contributed by atoms with Crippen molar-refractivity contribution in [1.29, 1.82) is 5.26 Å². The Balaban J connectivity index is 1.78. The standard InChI is InChI=1S/C22H18ClFN4O4S2/c1-2-32-20-7-18-15(6-19(20)28-22(29)13-10-33-34(30,31)11-13)21(12(8-25)9-26-18)27-14-3-4-17(24)16(23)5-14/h3-7,9,13H,2,10-11H2,1H3,(H,26,27)(H,28,29). The Morgan fingerprint density at radius 3 is 2.82 bits per heavy atom. The van der Waals surface area contributed by atoms with E-state index in [1.54, 1.807) is 19.1 Å². The van der Waals surface area contributed by atoms with Crippen LogP contribution in [0, 0.1) is 23.1 Å². The molecule has 1 amide bonds. The molecule has 0 aliphatic carbocycles. The lowest BCUT2D eigenvalue weighted by molar-refractivity contribution is -0.118. The van der Waals surface area contributed by atoms with Gasteiger partial charge in [0, 0.05) is 29.1 Å². The van der Waals surface area contributed by atoms with Gasteiger partial charge in [-0.15, -0.1) is 0 Å². The van der Waals surface area contributed by atoms with Crippen LogP contribution in [0.25, 0.3) is 10.9 Å². The summed E-state index contributed by atoms with van der Waals surface area (Å²) >= 11 is 5.89. The number of nitrogens with zero attached hydrogens (tertiary/aromatic N) is 2. The van der Waals surface area contributed by atoms with Gasteiger partial charge in [-0.2, -0.15) is 5.26 Å². The average Bonchev–Trinajstić information content (AvgIpc) is 3.17. The van der Waals surface area contributed by atoms with Crippen molar-refractivity contribution in [3.8, 4) is 11.8 Å². The zero-order valence-corrected chi connectivity index (χ0v) is 20.2. The third kappa shape index (κ3) is 5.04. The molecule has 1 saturated heterocycles. The van der Waals surface area contributed by atoms with Crippen LogP contribution >= 0.6 is 22.4 Å². The summed E-state index contributed by atoms with van der Waals surface area (Å²) in [6.45, 7) is 2.10. The minimum absolute atomic E-state index is 0.0853. The number of benzene rings is 2. The molecule has 2 aromatic carbocycles. The second-order valence-electron chi connectivity index (χ2n) is 7.41. The lowest BCUT2D eigenvalue weighted by atomic mass is 10.1. The van der Waals surface area contributed by atoms with Gasteiger partial charge in [-0.05, 0) is 42.0 Å². The molecule has 8 nitrogen and oxygen atoms in total. The van der Waals surface area contributed by atoms with Crippen LogP contribution < -0.4 is 15.4 Å². The predicted molar refractivity (Wildman–Crippen MR) is 131 cm³/mol. The number of carbonyl (C=O) groups excluding carboxylic acids is 1. The third-order valence-electron chi connectivity index (χ3n) is 5.06. The summed E-state index contributed by atoms with van der Waals surface area (Å²) < 4.78 is 42.8. The van der Waals surface area contributed by atoms with Crippen LogP contribution in [0.2, 0.25) is 5.02 Å². The van der Waals surface area contributed by atoms with E-state index in [-0.39, 0.29) is 22.1 Å². The second-order valence-corrected chi connectivity index (χ2v) is 12.1. The third-order valence-corrected chi connectivity index (χ3v) is 8.95. The topological polar surface area (TPSA) is 121 Å². The highest BCUT2D eigenvalue weighted by molar-refractivity contribution is 8.72. The zero-order valence-electron chi connectivity index (χ0n) is 17.8. The maximum Gasteiger partial charge on any atom is 0.229 e. The number of rotatable bonds is 6. The fourth-order valence-electron chi connectivity index (χ4n) is 3.44. The van der Waals surface area contributed by atoms with E-state index in [1.807, 2.05) is 0 Å². The maximum atomic E-state index is 13.6. The van der Waals surface area contributed by atoms with Gasteiger partial charge in [-0.1, -0.05) is 11.6 Å². The molecule has 4 rings (SSSR count). The van der Waals surface area contributed by atoms with Crippen molar-refractivity contribution in [1.82, 2.24) is 4.98 Å². The number of hydrogen-bond acceptors (Lipinski definition) is 8. The molecule has 0 bridgehead atoms. The predicted octanol–water partition coefficient (Wildman–Crippen LogP) is 4.67. The first kappa shape index (κ1) is 24.1. The molecule has 12 heteroatoms. The van der Waals surface area contributed by atoms with E-state index in [2.05, 4.69) is 21.7 Å². The van der Waals surface area contributed by atoms with Crippen LogP contribution in [0.5, 0.6) is 5.75 Å². The van der Waals surface area contributed by atoms with E-state index in [4.69, 9.17) is 16.3 Å². The summed E-state index contributed by atoms with van der Waals surface area (Å²) in [7, 11) is -2.55. The Morgan fingerprint density at radius 1 is 1.38 bits per heavy atom. The van der Waals surface area contributed by atoms with Crippen molar-refractivity contribution in [2.45, 2.75) is 6.92 Å². The number of carbonyl (C=O) groups is 1. The first-order chi connectivity index (χ1) is 16.2. The summed E-state index contributed by atoms with van der Waals surface area (Å²) in [5, 5.41) is 15.9. The normalized spacial score (nSPS) is 16.7. The van der Waals surface area contributed by atoms with Gasteiger partial charge in [0.2, 0.25) is 14.8 Å². The number of nitrogens with one attached hydrogen (secondary N) is 2. The van der Waals surface area contributed by atoms with Crippen LogP contribution in [0.3, 0.4) is 0 Å². The monoisotopic (exact) mass is 520 g/mol.